The molecule has 166 valence electrons. The van der Waals surface area contributed by atoms with Gasteiger partial charge in [-0.15, -0.1) is 11.3 Å². The van der Waals surface area contributed by atoms with Gasteiger partial charge in [-0.3, -0.25) is 4.90 Å². The van der Waals surface area contributed by atoms with E-state index in [0.29, 0.717) is 13.1 Å². The lowest BCUT2D eigenvalue weighted by atomic mass is 10.1. The van der Waals surface area contributed by atoms with E-state index in [0.717, 1.165) is 42.8 Å². The molecule has 1 heterocycles. The summed E-state index contributed by atoms with van der Waals surface area (Å²) in [4.78, 5) is 14.1. The molecule has 0 amide bonds. The molecule has 2 aromatic rings. The first-order valence-corrected chi connectivity index (χ1v) is 11.6. The Morgan fingerprint density at radius 1 is 1.20 bits per heavy atom. The first kappa shape index (κ1) is 24.3. The van der Waals surface area contributed by atoms with Gasteiger partial charge in [-0.2, -0.15) is 0 Å². The topological polar surface area (TPSA) is 53.0 Å². The Labute approximate surface area is 186 Å². The van der Waals surface area contributed by atoms with Crippen molar-refractivity contribution in [1.82, 2.24) is 20.1 Å². The summed E-state index contributed by atoms with van der Waals surface area (Å²) < 4.78 is 5.37. The van der Waals surface area contributed by atoms with Crippen LogP contribution in [0.4, 0.5) is 0 Å². The van der Waals surface area contributed by atoms with Gasteiger partial charge in [0, 0.05) is 32.6 Å². The molecule has 1 atom stereocenters. The maximum absolute atomic E-state index is 5.37. The minimum atomic E-state index is 0.0274. The lowest BCUT2D eigenvalue weighted by Gasteiger charge is -2.21. The zero-order valence-electron chi connectivity index (χ0n) is 19.3. The average molecular weight is 432 g/mol. The zero-order chi connectivity index (χ0) is 21.9. The molecule has 0 fully saturated rings. The summed E-state index contributed by atoms with van der Waals surface area (Å²) in [5.41, 5.74) is 3.61. The van der Waals surface area contributed by atoms with E-state index in [1.54, 1.807) is 18.4 Å². The van der Waals surface area contributed by atoms with Crippen molar-refractivity contribution >= 4 is 17.3 Å². The van der Waals surface area contributed by atoms with Crippen LogP contribution < -0.4 is 5.32 Å². The van der Waals surface area contributed by atoms with Gasteiger partial charge < -0.3 is 15.0 Å². The number of thiazole rings is 1. The van der Waals surface area contributed by atoms with Gasteiger partial charge in [0.25, 0.3) is 0 Å². The van der Waals surface area contributed by atoms with Crippen LogP contribution in [-0.2, 0) is 24.4 Å². The molecule has 0 aliphatic heterocycles. The van der Waals surface area contributed by atoms with Crippen molar-refractivity contribution in [2.24, 2.45) is 4.99 Å². The summed E-state index contributed by atoms with van der Waals surface area (Å²) in [5, 5.41) is 6.50. The molecular formula is C23H37N5OS. The van der Waals surface area contributed by atoms with Crippen LogP contribution in [0.25, 0.3) is 0 Å². The third kappa shape index (κ3) is 7.38. The average Bonchev–Trinajstić information content (AvgIpc) is 3.23. The fraction of sp³-hybridized carbons (Fsp3) is 0.565. The predicted octanol–water partition coefficient (Wildman–Crippen LogP) is 4.29. The Bertz CT molecular complexity index is 787. The molecule has 0 bridgehead atoms. The lowest BCUT2D eigenvalue weighted by Crippen LogP contribution is -2.38. The van der Waals surface area contributed by atoms with Gasteiger partial charge in [-0.05, 0) is 38.1 Å². The number of hydrogen-bond donors (Lipinski definition) is 1. The van der Waals surface area contributed by atoms with E-state index in [1.165, 1.54) is 11.1 Å². The Morgan fingerprint density at radius 3 is 2.60 bits per heavy atom. The Morgan fingerprint density at radius 2 is 1.93 bits per heavy atom. The number of aromatic nitrogens is 1. The van der Waals surface area contributed by atoms with Crippen LogP contribution in [0, 0.1) is 0 Å². The summed E-state index contributed by atoms with van der Waals surface area (Å²) in [6.07, 6.45) is 0.0274. The highest BCUT2D eigenvalue weighted by Crippen LogP contribution is 2.21. The Balaban J connectivity index is 2.05. The molecule has 1 N–H and O–H groups in total. The van der Waals surface area contributed by atoms with E-state index in [1.807, 2.05) is 6.92 Å². The minimum absolute atomic E-state index is 0.0274. The second-order valence-electron chi connectivity index (χ2n) is 7.36. The third-order valence-electron chi connectivity index (χ3n) is 5.07. The largest absolute Gasteiger partial charge is 0.375 e. The molecule has 0 spiro atoms. The van der Waals surface area contributed by atoms with E-state index in [9.17, 15) is 0 Å². The molecule has 1 aromatic heterocycles. The first-order valence-electron chi connectivity index (χ1n) is 10.8. The maximum Gasteiger partial charge on any atom is 0.194 e. The van der Waals surface area contributed by atoms with Crippen molar-refractivity contribution in [1.29, 1.82) is 0 Å². The van der Waals surface area contributed by atoms with Crippen LogP contribution in [0.1, 0.15) is 55.6 Å². The van der Waals surface area contributed by atoms with Crippen LogP contribution in [0.2, 0.25) is 0 Å². The lowest BCUT2D eigenvalue weighted by molar-refractivity contribution is 0.119. The molecule has 0 aliphatic rings. The van der Waals surface area contributed by atoms with E-state index in [4.69, 9.17) is 14.7 Å². The number of rotatable bonds is 11. The number of hydrogen-bond acceptors (Lipinski definition) is 5. The molecular weight excluding hydrogens is 394 g/mol. The van der Waals surface area contributed by atoms with Gasteiger partial charge in [0.05, 0.1) is 18.8 Å². The van der Waals surface area contributed by atoms with Gasteiger partial charge >= 0.3 is 0 Å². The van der Waals surface area contributed by atoms with Crippen LogP contribution in [0.3, 0.4) is 0 Å². The molecule has 30 heavy (non-hydrogen) atoms. The van der Waals surface area contributed by atoms with Crippen molar-refractivity contribution in [3.05, 3.63) is 51.5 Å². The standard InChI is InChI=1S/C23H37N5OS/c1-7-24-23(27(5)16-21-17-30-22(26-21)18(4)29-6)25-14-19-11-10-12-20(13-19)15-28(8-2)9-3/h10-13,17-18H,7-9,14-16H2,1-6H3,(H,24,25). The molecule has 7 heteroatoms. The molecule has 0 radical (unpaired) electrons. The van der Waals surface area contributed by atoms with E-state index < -0.39 is 0 Å². The van der Waals surface area contributed by atoms with Gasteiger partial charge in [0.1, 0.15) is 11.1 Å². The van der Waals surface area contributed by atoms with Crippen LogP contribution in [0.5, 0.6) is 0 Å². The van der Waals surface area contributed by atoms with Crippen molar-refractivity contribution < 1.29 is 4.74 Å². The summed E-state index contributed by atoms with van der Waals surface area (Å²) in [7, 11) is 3.77. The highest BCUT2D eigenvalue weighted by molar-refractivity contribution is 7.09. The third-order valence-corrected chi connectivity index (χ3v) is 6.12. The van der Waals surface area contributed by atoms with Gasteiger partial charge in [0.2, 0.25) is 0 Å². The molecule has 1 unspecified atom stereocenters. The second-order valence-corrected chi connectivity index (χ2v) is 8.25. The number of nitrogens with one attached hydrogen (secondary N) is 1. The number of ether oxygens (including phenoxy) is 1. The molecule has 0 saturated carbocycles. The summed E-state index contributed by atoms with van der Waals surface area (Å²) in [5.74, 6) is 0.890. The minimum Gasteiger partial charge on any atom is -0.375 e. The van der Waals surface area contributed by atoms with Gasteiger partial charge in [0.15, 0.2) is 5.96 Å². The van der Waals surface area contributed by atoms with E-state index >= 15 is 0 Å². The smallest absolute Gasteiger partial charge is 0.194 e. The summed E-state index contributed by atoms with van der Waals surface area (Å²) in [6, 6.07) is 8.75. The predicted molar refractivity (Wildman–Crippen MR) is 127 cm³/mol. The monoisotopic (exact) mass is 431 g/mol. The zero-order valence-corrected chi connectivity index (χ0v) is 20.1. The SMILES string of the molecule is CCNC(=NCc1cccc(CN(CC)CC)c1)N(C)Cc1csc(C(C)OC)n1. The molecule has 2 rings (SSSR count). The number of methoxy groups -OCH3 is 1. The van der Waals surface area contributed by atoms with Crippen molar-refractivity contribution in [2.45, 2.75) is 53.4 Å². The Kier molecular flexibility index (Phi) is 10.3. The van der Waals surface area contributed by atoms with Crippen molar-refractivity contribution in [3.63, 3.8) is 0 Å². The van der Waals surface area contributed by atoms with Gasteiger partial charge in [-0.25, -0.2) is 9.98 Å². The Hall–Kier alpha value is -1.96. The number of nitrogens with zero attached hydrogens (tertiary/aromatic N) is 4. The first-order chi connectivity index (χ1) is 14.5. The second kappa shape index (κ2) is 12.7. The quantitative estimate of drug-likeness (QED) is 0.425. The van der Waals surface area contributed by atoms with Crippen LogP contribution in [-0.4, -0.2) is 54.5 Å². The molecule has 0 aliphatic carbocycles. The summed E-state index contributed by atoms with van der Waals surface area (Å²) >= 11 is 1.64. The fourth-order valence-corrected chi connectivity index (χ4v) is 4.01. The van der Waals surface area contributed by atoms with Crippen LogP contribution in [0.15, 0.2) is 34.6 Å². The van der Waals surface area contributed by atoms with E-state index in [2.05, 4.69) is 72.6 Å². The van der Waals surface area contributed by atoms with Crippen LogP contribution >= 0.6 is 11.3 Å². The fourth-order valence-electron chi connectivity index (χ4n) is 3.17. The maximum atomic E-state index is 5.37. The molecule has 0 saturated heterocycles. The summed E-state index contributed by atoms with van der Waals surface area (Å²) in [6.45, 7) is 13.8. The number of guanidine groups is 1. The van der Waals surface area contributed by atoms with E-state index in [-0.39, 0.29) is 6.10 Å². The molecule has 1 aromatic carbocycles. The number of aliphatic imine (C=N–C) groups is 1. The highest BCUT2D eigenvalue weighted by Gasteiger charge is 2.13. The molecule has 6 nitrogen and oxygen atoms in total. The van der Waals surface area contributed by atoms with Crippen molar-refractivity contribution in [3.8, 4) is 0 Å². The number of benzene rings is 1. The highest BCUT2D eigenvalue weighted by atomic mass is 32.1. The normalized spacial score (nSPS) is 13.0. The van der Waals surface area contributed by atoms with Gasteiger partial charge in [-0.1, -0.05) is 38.1 Å². The van der Waals surface area contributed by atoms with Crippen molar-refractivity contribution in [2.75, 3.05) is 33.8 Å².